The maximum Gasteiger partial charge on any atom is 0.310 e. The number of benzene rings is 2. The molecule has 7 nitrogen and oxygen atoms in total. The minimum absolute atomic E-state index is 0.145. The van der Waals surface area contributed by atoms with Gasteiger partial charge in [-0.05, 0) is 69.6 Å². The van der Waals surface area contributed by atoms with Gasteiger partial charge in [0.05, 0.1) is 6.42 Å². The zero-order valence-electron chi connectivity index (χ0n) is 19.7. The number of hydrogen-bond donors (Lipinski definition) is 1. The van der Waals surface area contributed by atoms with Crippen LogP contribution in [0.1, 0.15) is 42.4 Å². The van der Waals surface area contributed by atoms with E-state index in [-0.39, 0.29) is 25.1 Å². The Morgan fingerprint density at radius 3 is 2.15 bits per heavy atom. The number of ether oxygens (including phenoxy) is 3. The number of nitrogens with zero attached hydrogens (tertiary/aromatic N) is 2. The van der Waals surface area contributed by atoms with E-state index in [1.807, 2.05) is 36.4 Å². The molecule has 2 aromatic carbocycles. The first kappa shape index (κ1) is 23.0. The molecule has 0 spiro atoms. The van der Waals surface area contributed by atoms with Crippen molar-refractivity contribution in [3.8, 4) is 17.2 Å². The highest BCUT2D eigenvalue weighted by Gasteiger charge is 2.23. The Morgan fingerprint density at radius 1 is 0.941 bits per heavy atom. The van der Waals surface area contributed by atoms with Gasteiger partial charge in [0, 0.05) is 24.2 Å². The fourth-order valence-corrected chi connectivity index (χ4v) is 5.09. The van der Waals surface area contributed by atoms with Crippen molar-refractivity contribution in [1.29, 1.82) is 0 Å². The van der Waals surface area contributed by atoms with E-state index in [4.69, 9.17) is 14.2 Å². The van der Waals surface area contributed by atoms with Crippen molar-refractivity contribution in [2.45, 2.75) is 51.3 Å². The summed E-state index contributed by atoms with van der Waals surface area (Å²) in [7, 11) is 0. The molecule has 0 bridgehead atoms. The third-order valence-corrected chi connectivity index (χ3v) is 6.86. The van der Waals surface area contributed by atoms with Gasteiger partial charge in [0.15, 0.2) is 17.6 Å². The lowest BCUT2D eigenvalue weighted by molar-refractivity contribution is -0.146. The second-order valence-electron chi connectivity index (χ2n) is 9.59. The Labute approximate surface area is 201 Å². The van der Waals surface area contributed by atoms with E-state index >= 15 is 0 Å². The molecule has 2 saturated heterocycles. The van der Waals surface area contributed by atoms with Gasteiger partial charge in [0.1, 0.15) is 19.0 Å². The van der Waals surface area contributed by atoms with Crippen LogP contribution in [0.2, 0.25) is 0 Å². The monoisotopic (exact) mass is 466 g/mol. The molecule has 7 heteroatoms. The summed E-state index contributed by atoms with van der Waals surface area (Å²) >= 11 is 0. The van der Waals surface area contributed by atoms with Gasteiger partial charge in [-0.3, -0.25) is 14.6 Å². The predicted octanol–water partition coefficient (Wildman–Crippen LogP) is 3.51. The van der Waals surface area contributed by atoms with Crippen molar-refractivity contribution in [3.63, 3.8) is 0 Å². The largest absolute Gasteiger partial charge is 0.507 e. The van der Waals surface area contributed by atoms with Crippen molar-refractivity contribution in [2.75, 3.05) is 39.4 Å². The predicted molar refractivity (Wildman–Crippen MR) is 128 cm³/mol. The quantitative estimate of drug-likeness (QED) is 0.597. The van der Waals surface area contributed by atoms with E-state index in [0.29, 0.717) is 36.9 Å². The normalized spacial score (nSPS) is 20.5. The Kier molecular flexibility index (Phi) is 7.21. The van der Waals surface area contributed by atoms with E-state index in [1.165, 1.54) is 25.7 Å². The van der Waals surface area contributed by atoms with E-state index in [0.717, 1.165) is 42.9 Å². The molecule has 182 valence electrons. The van der Waals surface area contributed by atoms with Crippen LogP contribution in [0.3, 0.4) is 0 Å². The maximum atomic E-state index is 12.7. The van der Waals surface area contributed by atoms with Gasteiger partial charge in [0.25, 0.3) is 0 Å². The molecule has 34 heavy (non-hydrogen) atoms. The number of phenols is 1. The van der Waals surface area contributed by atoms with Crippen molar-refractivity contribution in [2.24, 2.45) is 0 Å². The lowest BCUT2D eigenvalue weighted by Crippen LogP contribution is -2.34. The maximum absolute atomic E-state index is 12.7. The van der Waals surface area contributed by atoms with Crippen LogP contribution in [0.5, 0.6) is 17.2 Å². The summed E-state index contributed by atoms with van der Waals surface area (Å²) in [6.45, 7) is 6.15. The van der Waals surface area contributed by atoms with Gasteiger partial charge in [-0.15, -0.1) is 0 Å². The minimum Gasteiger partial charge on any atom is -0.507 e. The van der Waals surface area contributed by atoms with Crippen LogP contribution < -0.4 is 9.47 Å². The van der Waals surface area contributed by atoms with Crippen molar-refractivity contribution < 1.29 is 24.1 Å². The van der Waals surface area contributed by atoms with Crippen LogP contribution >= 0.6 is 0 Å². The fourth-order valence-electron chi connectivity index (χ4n) is 5.09. The number of aromatic hydroxyl groups is 1. The molecule has 1 N–H and O–H groups in total. The number of rotatable bonds is 8. The average molecular weight is 467 g/mol. The molecule has 5 rings (SSSR count). The minimum atomic E-state index is -0.324. The van der Waals surface area contributed by atoms with E-state index in [2.05, 4.69) is 9.80 Å². The van der Waals surface area contributed by atoms with Crippen LogP contribution in [0.4, 0.5) is 0 Å². The Bertz CT molecular complexity index is 959. The number of likely N-dealkylation sites (tertiary alicyclic amines) is 2. The van der Waals surface area contributed by atoms with Crippen molar-refractivity contribution in [3.05, 3.63) is 53.1 Å². The number of para-hydroxylation sites is 2. The molecular weight excluding hydrogens is 432 g/mol. The summed E-state index contributed by atoms with van der Waals surface area (Å²) in [5.74, 6) is 1.46. The Balaban J connectivity index is 1.23. The molecule has 0 saturated carbocycles. The van der Waals surface area contributed by atoms with Gasteiger partial charge < -0.3 is 19.3 Å². The first-order valence-corrected chi connectivity index (χ1v) is 12.5. The molecule has 2 aromatic rings. The standard InChI is InChI=1S/C27H34N2O5/c30-26(33-19-23-18-32-24-7-1-2-8-25(24)34-23)15-20-13-21(16-28-9-3-4-10-28)27(31)22(14-20)17-29-11-5-6-12-29/h1-2,7-8,13-14,23,31H,3-6,9-12,15-19H2. The number of carbonyl (C=O) groups excluding carboxylic acids is 1. The lowest BCUT2D eigenvalue weighted by Gasteiger charge is -2.26. The SMILES string of the molecule is O=C(Cc1cc(CN2CCCC2)c(O)c(CN2CCCC2)c1)OCC1COc2ccccc2O1. The van der Waals surface area contributed by atoms with Gasteiger partial charge in [-0.1, -0.05) is 24.3 Å². The summed E-state index contributed by atoms with van der Waals surface area (Å²) < 4.78 is 17.1. The van der Waals surface area contributed by atoms with Gasteiger partial charge in [0.2, 0.25) is 0 Å². The summed E-state index contributed by atoms with van der Waals surface area (Å²) in [5.41, 5.74) is 2.70. The zero-order valence-corrected chi connectivity index (χ0v) is 19.7. The molecule has 3 aliphatic heterocycles. The summed E-state index contributed by atoms with van der Waals surface area (Å²) in [6, 6.07) is 11.4. The molecule has 3 aliphatic rings. The topological polar surface area (TPSA) is 71.5 Å². The molecular formula is C27H34N2O5. The third kappa shape index (κ3) is 5.65. The fraction of sp³-hybridized carbons (Fsp3) is 0.519. The molecule has 0 aliphatic carbocycles. The van der Waals surface area contributed by atoms with Crippen molar-refractivity contribution in [1.82, 2.24) is 9.80 Å². The van der Waals surface area contributed by atoms with Crippen LogP contribution in [0, 0.1) is 0 Å². The van der Waals surface area contributed by atoms with E-state index < -0.39 is 0 Å². The highest BCUT2D eigenvalue weighted by molar-refractivity contribution is 5.73. The van der Waals surface area contributed by atoms with Crippen molar-refractivity contribution >= 4 is 5.97 Å². The molecule has 0 amide bonds. The van der Waals surface area contributed by atoms with Gasteiger partial charge >= 0.3 is 5.97 Å². The molecule has 1 unspecified atom stereocenters. The Morgan fingerprint density at radius 2 is 1.53 bits per heavy atom. The van der Waals surface area contributed by atoms with Crippen LogP contribution in [-0.4, -0.2) is 66.4 Å². The first-order valence-electron chi connectivity index (χ1n) is 12.5. The van der Waals surface area contributed by atoms with E-state index in [1.54, 1.807) is 0 Å². The van der Waals surface area contributed by atoms with Crippen LogP contribution in [0.25, 0.3) is 0 Å². The zero-order chi connectivity index (χ0) is 23.3. The van der Waals surface area contributed by atoms with Gasteiger partial charge in [-0.2, -0.15) is 0 Å². The number of carbonyl (C=O) groups is 1. The molecule has 0 aromatic heterocycles. The summed E-state index contributed by atoms with van der Waals surface area (Å²) in [4.78, 5) is 17.4. The molecule has 3 heterocycles. The highest BCUT2D eigenvalue weighted by Crippen LogP contribution is 2.31. The highest BCUT2D eigenvalue weighted by atomic mass is 16.6. The smallest absolute Gasteiger partial charge is 0.310 e. The summed E-state index contributed by atoms with van der Waals surface area (Å²) in [6.07, 6.45) is 4.64. The van der Waals surface area contributed by atoms with Crippen LogP contribution in [-0.2, 0) is 29.0 Å². The number of fused-ring (bicyclic) bond motifs is 1. The molecule has 2 fully saturated rings. The number of hydrogen-bond acceptors (Lipinski definition) is 7. The summed E-state index contributed by atoms with van der Waals surface area (Å²) in [5, 5.41) is 11.0. The Hall–Kier alpha value is -2.77. The third-order valence-electron chi connectivity index (χ3n) is 6.86. The molecule has 0 radical (unpaired) electrons. The number of phenolic OH excluding ortho intramolecular Hbond substituents is 1. The second-order valence-corrected chi connectivity index (χ2v) is 9.59. The first-order chi connectivity index (χ1) is 16.6. The number of esters is 1. The lowest BCUT2D eigenvalue weighted by atomic mass is 10.0. The van der Waals surface area contributed by atoms with Crippen LogP contribution in [0.15, 0.2) is 36.4 Å². The van der Waals surface area contributed by atoms with E-state index in [9.17, 15) is 9.90 Å². The molecule has 1 atom stereocenters. The second kappa shape index (κ2) is 10.7. The average Bonchev–Trinajstić information content (AvgIpc) is 3.55. The van der Waals surface area contributed by atoms with Gasteiger partial charge in [-0.25, -0.2) is 0 Å².